The van der Waals surface area contributed by atoms with Crippen LogP contribution in [0.4, 0.5) is 8.78 Å². The van der Waals surface area contributed by atoms with Crippen molar-refractivity contribution in [2.45, 2.75) is 88.3 Å². The summed E-state index contributed by atoms with van der Waals surface area (Å²) in [6.07, 6.45) is 2.43. The van der Waals surface area contributed by atoms with Crippen LogP contribution in [0.3, 0.4) is 0 Å². The van der Waals surface area contributed by atoms with Crippen molar-refractivity contribution in [1.82, 2.24) is 0 Å². The van der Waals surface area contributed by atoms with Crippen LogP contribution in [-0.4, -0.2) is 64.3 Å². The van der Waals surface area contributed by atoms with Gasteiger partial charge in [-0.2, -0.15) is 0 Å². The number of ether oxygens (including phenoxy) is 2. The molecule has 5 aliphatic carbocycles. The Morgan fingerprint density at radius 2 is 1.97 bits per heavy atom. The molecule has 1 saturated heterocycles. The van der Waals surface area contributed by atoms with E-state index in [1.165, 1.54) is 18.2 Å². The standard InChI is InChI=1S/C26H32F2O6/c1-23-7-6-14(30)8-17(23)18(27)9-16-15-10-21-26(20(32)12-29,34-22(33-21)13-4-3-5-13)24(15,2)11-19(31)25(16,23)28/h6-8,13,15-16,18-19,21-22,29,31H,3-5,9-12H2,1-2H3/t15-,16-,18-,19-,21+,22+,23-,24-,25-,26+/m0/s1. The minimum atomic E-state index is -2.22. The Morgan fingerprint density at radius 1 is 1.24 bits per heavy atom. The first kappa shape index (κ1) is 23.0. The summed E-state index contributed by atoms with van der Waals surface area (Å²) in [7, 11) is 0. The van der Waals surface area contributed by atoms with Crippen molar-refractivity contribution in [3.05, 3.63) is 23.8 Å². The van der Waals surface area contributed by atoms with Gasteiger partial charge in [-0.25, -0.2) is 8.78 Å². The predicted octanol–water partition coefficient (Wildman–Crippen LogP) is 2.76. The summed E-state index contributed by atoms with van der Waals surface area (Å²) in [5, 5.41) is 21.4. The lowest BCUT2D eigenvalue weighted by Crippen LogP contribution is -2.71. The minimum absolute atomic E-state index is 0.0679. The number of hydrogen-bond donors (Lipinski definition) is 2. The van der Waals surface area contributed by atoms with E-state index in [2.05, 4.69) is 0 Å². The van der Waals surface area contributed by atoms with Crippen molar-refractivity contribution in [2.75, 3.05) is 6.61 Å². The van der Waals surface area contributed by atoms with Crippen LogP contribution in [0.25, 0.3) is 0 Å². The molecule has 1 aliphatic heterocycles. The van der Waals surface area contributed by atoms with Gasteiger partial charge < -0.3 is 19.7 Å². The van der Waals surface area contributed by atoms with E-state index in [1.807, 2.05) is 6.92 Å². The third-order valence-corrected chi connectivity index (χ3v) is 10.5. The first-order valence-corrected chi connectivity index (χ1v) is 12.5. The van der Waals surface area contributed by atoms with Crippen molar-refractivity contribution in [2.24, 2.45) is 28.6 Å². The zero-order valence-electron chi connectivity index (χ0n) is 19.5. The van der Waals surface area contributed by atoms with Crippen LogP contribution in [0.2, 0.25) is 0 Å². The summed E-state index contributed by atoms with van der Waals surface area (Å²) in [6.45, 7) is 2.61. The molecule has 6 aliphatic rings. The zero-order chi connectivity index (χ0) is 24.3. The molecule has 0 aromatic heterocycles. The maximum absolute atomic E-state index is 17.3. The number of carbonyl (C=O) groups excluding carboxylic acids is 2. The molecule has 0 bridgehead atoms. The quantitative estimate of drug-likeness (QED) is 0.648. The number of ketones is 2. The van der Waals surface area contributed by atoms with Crippen molar-refractivity contribution < 1.29 is 38.1 Å². The number of rotatable bonds is 3. The van der Waals surface area contributed by atoms with Gasteiger partial charge in [0.2, 0.25) is 0 Å². The lowest BCUT2D eigenvalue weighted by Gasteiger charge is -2.63. The Balaban J connectivity index is 1.45. The zero-order valence-corrected chi connectivity index (χ0v) is 19.5. The summed E-state index contributed by atoms with van der Waals surface area (Å²) in [4.78, 5) is 25.3. The van der Waals surface area contributed by atoms with Gasteiger partial charge in [0.25, 0.3) is 0 Å². The molecule has 6 nitrogen and oxygen atoms in total. The molecule has 5 fully saturated rings. The van der Waals surface area contributed by atoms with Crippen molar-refractivity contribution in [3.8, 4) is 0 Å². The largest absolute Gasteiger partial charge is 0.390 e. The lowest BCUT2D eigenvalue weighted by atomic mass is 9.44. The molecule has 4 saturated carbocycles. The Bertz CT molecular complexity index is 1010. The number of Topliss-reactive ketones (excluding diaryl/α,β-unsaturated/α-hetero) is 1. The SMILES string of the molecule is C[C@]12C=CC(=O)C=C1[C@@H](F)C[C@H]1[C@@H]3C[C@H]4O[C@@H](C5CCC5)O[C@@]4(C(=O)CO)[C@@]3(C)C[C@H](O)[C@@]12F. The van der Waals surface area contributed by atoms with Gasteiger partial charge in [0.1, 0.15) is 12.8 Å². The molecule has 0 spiro atoms. The average molecular weight is 479 g/mol. The van der Waals surface area contributed by atoms with E-state index in [4.69, 9.17) is 9.47 Å². The highest BCUT2D eigenvalue weighted by atomic mass is 19.1. The number of carbonyl (C=O) groups is 2. The molecule has 0 aromatic rings. The summed E-state index contributed by atoms with van der Waals surface area (Å²) in [6, 6.07) is 0. The van der Waals surface area contributed by atoms with E-state index in [-0.39, 0.29) is 30.1 Å². The number of halogens is 2. The lowest BCUT2D eigenvalue weighted by molar-refractivity contribution is -0.240. The number of fused-ring (bicyclic) bond motifs is 7. The first-order valence-electron chi connectivity index (χ1n) is 12.5. The van der Waals surface area contributed by atoms with Crippen LogP contribution in [-0.2, 0) is 19.1 Å². The van der Waals surface area contributed by atoms with Crippen LogP contribution >= 0.6 is 0 Å². The fraction of sp³-hybridized carbons (Fsp3) is 0.769. The number of aliphatic hydroxyl groups is 2. The predicted molar refractivity (Wildman–Crippen MR) is 116 cm³/mol. The summed E-state index contributed by atoms with van der Waals surface area (Å²) in [5.41, 5.74) is -6.18. The van der Waals surface area contributed by atoms with E-state index < -0.39 is 71.0 Å². The van der Waals surface area contributed by atoms with E-state index >= 15 is 8.78 Å². The molecular formula is C26H32F2O6. The normalized spacial score (nSPS) is 53.9. The smallest absolute Gasteiger partial charge is 0.193 e. The maximum atomic E-state index is 17.3. The van der Waals surface area contributed by atoms with Crippen molar-refractivity contribution >= 4 is 11.6 Å². The second-order valence-corrected chi connectivity index (χ2v) is 11.7. The van der Waals surface area contributed by atoms with E-state index in [0.29, 0.717) is 6.42 Å². The Labute approximate surface area is 197 Å². The third kappa shape index (κ3) is 2.43. The highest BCUT2D eigenvalue weighted by Crippen LogP contribution is 2.72. The van der Waals surface area contributed by atoms with E-state index in [9.17, 15) is 19.8 Å². The molecule has 2 N–H and O–H groups in total. The summed E-state index contributed by atoms with van der Waals surface area (Å²) in [5.74, 6) is -2.17. The average Bonchev–Trinajstić information content (AvgIpc) is 3.23. The molecule has 1 heterocycles. The molecule has 10 atom stereocenters. The van der Waals surface area contributed by atoms with Gasteiger partial charge in [-0.05, 0) is 62.7 Å². The number of alkyl halides is 2. The molecule has 0 amide bonds. The van der Waals surface area contributed by atoms with Gasteiger partial charge in [0, 0.05) is 22.7 Å². The Morgan fingerprint density at radius 3 is 2.62 bits per heavy atom. The van der Waals surface area contributed by atoms with Crippen LogP contribution in [0.15, 0.2) is 23.8 Å². The maximum Gasteiger partial charge on any atom is 0.193 e. The second kappa shape index (κ2) is 7.05. The molecule has 6 rings (SSSR count). The molecule has 8 heteroatoms. The monoisotopic (exact) mass is 478 g/mol. The minimum Gasteiger partial charge on any atom is -0.390 e. The summed E-state index contributed by atoms with van der Waals surface area (Å²) < 4.78 is 45.5. The highest BCUT2D eigenvalue weighted by molar-refractivity contribution is 6.01. The van der Waals surface area contributed by atoms with Gasteiger partial charge in [0.05, 0.1) is 12.2 Å². The highest BCUT2D eigenvalue weighted by Gasteiger charge is 2.80. The fourth-order valence-corrected chi connectivity index (χ4v) is 8.51. The molecule has 186 valence electrons. The summed E-state index contributed by atoms with van der Waals surface area (Å²) >= 11 is 0. The second-order valence-electron chi connectivity index (χ2n) is 11.7. The fourth-order valence-electron chi connectivity index (χ4n) is 8.51. The van der Waals surface area contributed by atoms with Gasteiger partial charge in [-0.1, -0.05) is 19.4 Å². The van der Waals surface area contributed by atoms with Crippen molar-refractivity contribution in [1.29, 1.82) is 0 Å². The van der Waals surface area contributed by atoms with Crippen LogP contribution < -0.4 is 0 Å². The Kier molecular flexibility index (Phi) is 4.76. The van der Waals surface area contributed by atoms with Crippen molar-refractivity contribution in [3.63, 3.8) is 0 Å². The van der Waals surface area contributed by atoms with E-state index in [1.54, 1.807) is 6.92 Å². The van der Waals surface area contributed by atoms with E-state index in [0.717, 1.165) is 19.3 Å². The molecular weight excluding hydrogens is 446 g/mol. The van der Waals surface area contributed by atoms with Gasteiger partial charge >= 0.3 is 0 Å². The van der Waals surface area contributed by atoms with Crippen LogP contribution in [0, 0.1) is 28.6 Å². The number of aliphatic hydroxyl groups excluding tert-OH is 2. The molecule has 0 aromatic carbocycles. The van der Waals surface area contributed by atoms with Crippen LogP contribution in [0.5, 0.6) is 0 Å². The van der Waals surface area contributed by atoms with Crippen LogP contribution in [0.1, 0.15) is 52.4 Å². The Hall–Kier alpha value is -1.48. The topological polar surface area (TPSA) is 93.1 Å². The molecule has 0 radical (unpaired) electrons. The molecule has 34 heavy (non-hydrogen) atoms. The van der Waals surface area contributed by atoms with Gasteiger partial charge in [-0.3, -0.25) is 9.59 Å². The van der Waals surface area contributed by atoms with Gasteiger partial charge in [0.15, 0.2) is 29.1 Å². The number of allylic oxidation sites excluding steroid dienone is 4. The van der Waals surface area contributed by atoms with Gasteiger partial charge in [-0.15, -0.1) is 0 Å². The molecule has 0 unspecified atom stereocenters. The first-order chi connectivity index (χ1) is 16.0. The number of hydrogen-bond acceptors (Lipinski definition) is 6. The third-order valence-electron chi connectivity index (χ3n) is 10.5.